The minimum Gasteiger partial charge on any atom is -0.309 e. The number of rotatable bonds is 4. The summed E-state index contributed by atoms with van der Waals surface area (Å²) in [6, 6.07) is 49.6. The van der Waals surface area contributed by atoms with Crippen molar-refractivity contribution in [2.45, 2.75) is 6.92 Å². The molecule has 0 aliphatic carbocycles. The number of hydrogen-bond donors (Lipinski definition) is 0. The van der Waals surface area contributed by atoms with Gasteiger partial charge in [-0.1, -0.05) is 91.0 Å². The minimum absolute atomic E-state index is 0.920. The molecule has 0 unspecified atom stereocenters. The Bertz CT molecular complexity index is 2230. The molecule has 3 heterocycles. The Morgan fingerprint density at radius 2 is 1.19 bits per heavy atom. The second-order valence-corrected chi connectivity index (χ2v) is 10.8. The summed E-state index contributed by atoms with van der Waals surface area (Å²) in [6.45, 7) is 2.00. The molecule has 3 nitrogen and oxygen atoms in total. The highest BCUT2D eigenvalue weighted by Crippen LogP contribution is 2.39. The molecule has 0 aliphatic heterocycles. The van der Waals surface area contributed by atoms with Gasteiger partial charge in [0.25, 0.3) is 0 Å². The van der Waals surface area contributed by atoms with E-state index >= 15 is 0 Å². The van der Waals surface area contributed by atoms with Crippen LogP contribution in [-0.2, 0) is 0 Å². The Balaban J connectivity index is 1.36. The first-order valence-corrected chi connectivity index (χ1v) is 14.3. The first-order valence-electron chi connectivity index (χ1n) is 14.3. The van der Waals surface area contributed by atoms with Crippen molar-refractivity contribution in [3.8, 4) is 39.3 Å². The van der Waals surface area contributed by atoms with Crippen LogP contribution < -0.4 is 0 Å². The molecule has 0 aliphatic rings. The van der Waals surface area contributed by atoms with Crippen LogP contribution in [0.4, 0.5) is 0 Å². The van der Waals surface area contributed by atoms with Crippen molar-refractivity contribution >= 4 is 32.6 Å². The van der Waals surface area contributed by atoms with Crippen LogP contribution in [0.15, 0.2) is 146 Å². The number of pyridine rings is 2. The Hall–Kier alpha value is -5.54. The zero-order valence-electron chi connectivity index (χ0n) is 23.2. The van der Waals surface area contributed by atoms with Gasteiger partial charge in [-0.25, -0.2) is 4.98 Å². The first-order chi connectivity index (χ1) is 20.7. The first kappa shape index (κ1) is 24.3. The second kappa shape index (κ2) is 9.83. The van der Waals surface area contributed by atoms with Crippen molar-refractivity contribution in [3.05, 3.63) is 151 Å². The summed E-state index contributed by atoms with van der Waals surface area (Å²) >= 11 is 0. The van der Waals surface area contributed by atoms with Crippen LogP contribution >= 0.6 is 0 Å². The maximum atomic E-state index is 5.05. The molecule has 0 saturated carbocycles. The Morgan fingerprint density at radius 3 is 1.98 bits per heavy atom. The van der Waals surface area contributed by atoms with E-state index in [1.54, 1.807) is 0 Å². The van der Waals surface area contributed by atoms with E-state index < -0.39 is 0 Å². The molecule has 0 bridgehead atoms. The lowest BCUT2D eigenvalue weighted by Crippen LogP contribution is -1.95. The van der Waals surface area contributed by atoms with Gasteiger partial charge < -0.3 is 4.57 Å². The van der Waals surface area contributed by atoms with Crippen LogP contribution in [0.1, 0.15) is 5.69 Å². The molecule has 0 spiro atoms. The molecule has 5 aromatic carbocycles. The Labute approximate surface area is 244 Å². The van der Waals surface area contributed by atoms with Crippen LogP contribution in [-0.4, -0.2) is 14.5 Å². The molecule has 0 N–H and O–H groups in total. The average Bonchev–Trinajstić information content (AvgIpc) is 3.40. The molecule has 8 aromatic rings. The quantitative estimate of drug-likeness (QED) is 0.224. The SMILES string of the molecule is Cc1ccc(-c2cccc(-c3ccc4c5ccc6cc(-c7ccccc7)ccc6c5n(-c5ccccc5)c4c3)n2)cn1. The van der Waals surface area contributed by atoms with E-state index in [9.17, 15) is 0 Å². The molecular weight excluding hydrogens is 510 g/mol. The van der Waals surface area contributed by atoms with E-state index in [0.717, 1.165) is 39.4 Å². The van der Waals surface area contributed by atoms with Gasteiger partial charge in [0.1, 0.15) is 0 Å². The summed E-state index contributed by atoms with van der Waals surface area (Å²) in [5.41, 5.74) is 10.9. The summed E-state index contributed by atoms with van der Waals surface area (Å²) < 4.78 is 2.41. The van der Waals surface area contributed by atoms with Gasteiger partial charge in [-0.05, 0) is 72.0 Å². The van der Waals surface area contributed by atoms with Gasteiger partial charge in [0, 0.05) is 44.9 Å². The molecule has 0 fully saturated rings. The lowest BCUT2D eigenvalue weighted by Gasteiger charge is -2.11. The predicted octanol–water partition coefficient (Wildman–Crippen LogP) is 10.0. The van der Waals surface area contributed by atoms with Gasteiger partial charge >= 0.3 is 0 Å². The summed E-state index contributed by atoms with van der Waals surface area (Å²) in [6.07, 6.45) is 1.90. The molecule has 8 rings (SSSR count). The largest absolute Gasteiger partial charge is 0.309 e. The standard InChI is InChI=1S/C39H27N3/c1-26-15-16-31(25-40-26)37-14-8-13-36(41-37)30-19-21-34-35-22-18-29-23-28(27-9-4-2-5-10-27)17-20-33(29)39(35)42(38(34)24-30)32-11-6-3-7-12-32/h2-25H,1H3. The van der Waals surface area contributed by atoms with Crippen LogP contribution in [0, 0.1) is 6.92 Å². The minimum atomic E-state index is 0.920. The van der Waals surface area contributed by atoms with Crippen LogP contribution in [0.25, 0.3) is 71.9 Å². The van der Waals surface area contributed by atoms with Crippen molar-refractivity contribution < 1.29 is 0 Å². The summed E-state index contributed by atoms with van der Waals surface area (Å²) in [5, 5.41) is 4.93. The molecule has 3 aromatic heterocycles. The van der Waals surface area contributed by atoms with E-state index in [2.05, 4.69) is 137 Å². The number of nitrogens with zero attached hydrogens (tertiary/aromatic N) is 3. The maximum Gasteiger partial charge on any atom is 0.0725 e. The third kappa shape index (κ3) is 4.06. The number of benzene rings is 5. The highest BCUT2D eigenvalue weighted by atomic mass is 15.0. The number of aromatic nitrogens is 3. The third-order valence-electron chi connectivity index (χ3n) is 8.12. The van der Waals surface area contributed by atoms with E-state index in [1.807, 2.05) is 25.3 Å². The molecule has 198 valence electrons. The molecule has 3 heteroatoms. The van der Waals surface area contributed by atoms with Crippen molar-refractivity contribution in [1.82, 2.24) is 14.5 Å². The van der Waals surface area contributed by atoms with Gasteiger partial charge in [0.2, 0.25) is 0 Å². The predicted molar refractivity (Wildman–Crippen MR) is 175 cm³/mol. The molecule has 0 amide bonds. The third-order valence-corrected chi connectivity index (χ3v) is 8.12. The molecule has 0 radical (unpaired) electrons. The zero-order chi connectivity index (χ0) is 28.0. The van der Waals surface area contributed by atoms with Crippen molar-refractivity contribution in [2.75, 3.05) is 0 Å². The molecule has 0 saturated heterocycles. The summed E-state index contributed by atoms with van der Waals surface area (Å²) in [5.74, 6) is 0. The fourth-order valence-electron chi connectivity index (χ4n) is 6.03. The van der Waals surface area contributed by atoms with Gasteiger partial charge in [-0.2, -0.15) is 0 Å². The fourth-order valence-corrected chi connectivity index (χ4v) is 6.03. The smallest absolute Gasteiger partial charge is 0.0725 e. The second-order valence-electron chi connectivity index (χ2n) is 10.8. The van der Waals surface area contributed by atoms with Gasteiger partial charge in [0.15, 0.2) is 0 Å². The zero-order valence-corrected chi connectivity index (χ0v) is 23.2. The van der Waals surface area contributed by atoms with E-state index in [4.69, 9.17) is 4.98 Å². The maximum absolute atomic E-state index is 5.05. The highest BCUT2D eigenvalue weighted by molar-refractivity contribution is 6.19. The number of aryl methyl sites for hydroxylation is 1. The topological polar surface area (TPSA) is 30.7 Å². The molecule has 42 heavy (non-hydrogen) atoms. The summed E-state index contributed by atoms with van der Waals surface area (Å²) in [4.78, 5) is 9.52. The number of hydrogen-bond acceptors (Lipinski definition) is 2. The van der Waals surface area contributed by atoms with Crippen LogP contribution in [0.5, 0.6) is 0 Å². The average molecular weight is 538 g/mol. The van der Waals surface area contributed by atoms with Gasteiger partial charge in [-0.15, -0.1) is 0 Å². The Morgan fingerprint density at radius 1 is 0.500 bits per heavy atom. The van der Waals surface area contributed by atoms with Gasteiger partial charge in [-0.3, -0.25) is 4.98 Å². The van der Waals surface area contributed by atoms with Crippen molar-refractivity contribution in [1.29, 1.82) is 0 Å². The van der Waals surface area contributed by atoms with E-state index in [-0.39, 0.29) is 0 Å². The monoisotopic (exact) mass is 537 g/mol. The lowest BCUT2D eigenvalue weighted by atomic mass is 9.99. The van der Waals surface area contributed by atoms with E-state index in [0.29, 0.717) is 0 Å². The van der Waals surface area contributed by atoms with Crippen molar-refractivity contribution in [3.63, 3.8) is 0 Å². The van der Waals surface area contributed by atoms with Crippen molar-refractivity contribution in [2.24, 2.45) is 0 Å². The number of fused-ring (bicyclic) bond motifs is 5. The highest BCUT2D eigenvalue weighted by Gasteiger charge is 2.17. The van der Waals surface area contributed by atoms with Crippen LogP contribution in [0.3, 0.4) is 0 Å². The van der Waals surface area contributed by atoms with E-state index in [1.165, 1.54) is 38.2 Å². The normalized spacial score (nSPS) is 11.5. The number of para-hydroxylation sites is 1. The Kier molecular flexibility index (Phi) is 5.68. The summed E-state index contributed by atoms with van der Waals surface area (Å²) in [7, 11) is 0. The fraction of sp³-hybridized carbons (Fsp3) is 0.0256. The van der Waals surface area contributed by atoms with Gasteiger partial charge in [0.05, 0.1) is 22.4 Å². The molecule has 0 atom stereocenters. The lowest BCUT2D eigenvalue weighted by molar-refractivity contribution is 1.18. The molecular formula is C39H27N3. The van der Waals surface area contributed by atoms with Crippen LogP contribution in [0.2, 0.25) is 0 Å².